The van der Waals surface area contributed by atoms with Gasteiger partial charge in [-0.05, 0) is 55.7 Å². The summed E-state index contributed by atoms with van der Waals surface area (Å²) in [4.78, 5) is 12.0. The van der Waals surface area contributed by atoms with Crippen molar-refractivity contribution in [3.8, 4) is 5.75 Å². The van der Waals surface area contributed by atoms with Crippen LogP contribution in [-0.4, -0.2) is 12.5 Å². The Bertz CT molecular complexity index is 714. The number of hydrogen-bond acceptors (Lipinski definition) is 2. The van der Waals surface area contributed by atoms with Crippen LogP contribution in [0.15, 0.2) is 30.3 Å². The van der Waals surface area contributed by atoms with E-state index in [1.54, 1.807) is 18.2 Å². The fourth-order valence-corrected chi connectivity index (χ4v) is 2.35. The number of hydrogen-bond donors (Lipinski definition) is 1. The molecule has 0 spiro atoms. The molecule has 2 aromatic rings. The summed E-state index contributed by atoms with van der Waals surface area (Å²) >= 11 is 11.8. The van der Waals surface area contributed by atoms with Gasteiger partial charge in [0.25, 0.3) is 5.91 Å². The van der Waals surface area contributed by atoms with E-state index in [2.05, 4.69) is 5.32 Å². The minimum Gasteiger partial charge on any atom is -0.483 e. The molecular formula is C17H17Cl2NO2. The molecule has 2 aromatic carbocycles. The molecule has 5 heteroatoms. The predicted molar refractivity (Wildman–Crippen MR) is 91.2 cm³/mol. The second-order valence-electron chi connectivity index (χ2n) is 5.12. The molecule has 0 fully saturated rings. The fraction of sp³-hybridized carbons (Fsp3) is 0.235. The van der Waals surface area contributed by atoms with Crippen LogP contribution < -0.4 is 10.1 Å². The van der Waals surface area contributed by atoms with E-state index >= 15 is 0 Å². The molecule has 1 N–H and O–H groups in total. The van der Waals surface area contributed by atoms with Crippen molar-refractivity contribution in [2.75, 3.05) is 11.9 Å². The van der Waals surface area contributed by atoms with Crippen LogP contribution in [0.3, 0.4) is 0 Å². The van der Waals surface area contributed by atoms with Gasteiger partial charge < -0.3 is 10.1 Å². The van der Waals surface area contributed by atoms with Gasteiger partial charge in [0, 0.05) is 5.69 Å². The highest BCUT2D eigenvalue weighted by atomic mass is 35.5. The largest absolute Gasteiger partial charge is 0.483 e. The van der Waals surface area contributed by atoms with Crippen LogP contribution in [0.1, 0.15) is 16.7 Å². The zero-order valence-electron chi connectivity index (χ0n) is 12.7. The minimum atomic E-state index is -0.251. The summed E-state index contributed by atoms with van der Waals surface area (Å²) in [5.74, 6) is 0.503. The monoisotopic (exact) mass is 337 g/mol. The Morgan fingerprint density at radius 3 is 2.41 bits per heavy atom. The lowest BCUT2D eigenvalue weighted by Gasteiger charge is -2.14. The van der Waals surface area contributed by atoms with Gasteiger partial charge in [-0.3, -0.25) is 4.79 Å². The van der Waals surface area contributed by atoms with Crippen molar-refractivity contribution in [3.63, 3.8) is 0 Å². The average Bonchev–Trinajstić information content (AvgIpc) is 2.47. The van der Waals surface area contributed by atoms with E-state index in [0.29, 0.717) is 15.7 Å². The number of halogens is 2. The van der Waals surface area contributed by atoms with E-state index < -0.39 is 0 Å². The van der Waals surface area contributed by atoms with E-state index in [1.165, 1.54) is 0 Å². The molecule has 0 saturated carbocycles. The van der Waals surface area contributed by atoms with E-state index in [-0.39, 0.29) is 12.5 Å². The van der Waals surface area contributed by atoms with Crippen molar-refractivity contribution in [1.82, 2.24) is 0 Å². The summed E-state index contributed by atoms with van der Waals surface area (Å²) in [5, 5.41) is 3.57. The zero-order chi connectivity index (χ0) is 16.3. The Labute approximate surface area is 140 Å². The van der Waals surface area contributed by atoms with Gasteiger partial charge in [0.1, 0.15) is 5.75 Å². The Morgan fingerprint density at radius 2 is 1.73 bits per heavy atom. The van der Waals surface area contributed by atoms with E-state index in [4.69, 9.17) is 27.9 Å². The number of carbonyl (C=O) groups is 1. The Hall–Kier alpha value is -1.71. The molecule has 22 heavy (non-hydrogen) atoms. The summed E-state index contributed by atoms with van der Waals surface area (Å²) in [5.41, 5.74) is 3.76. The topological polar surface area (TPSA) is 38.3 Å². The maximum absolute atomic E-state index is 12.0. The lowest BCUT2D eigenvalue weighted by Crippen LogP contribution is -2.20. The van der Waals surface area contributed by atoms with E-state index in [1.807, 2.05) is 32.9 Å². The number of aryl methyl sites for hydroxylation is 2. The number of carbonyl (C=O) groups excluding carboxylic acids is 1. The molecule has 0 radical (unpaired) electrons. The SMILES string of the molecule is Cc1ccc(C)c(OCC(=O)Nc2ccc(Cl)c(Cl)c2)c1C. The van der Waals surface area contributed by atoms with Gasteiger partial charge in [-0.2, -0.15) is 0 Å². The third kappa shape index (κ3) is 3.93. The molecule has 2 rings (SSSR count). The molecule has 3 nitrogen and oxygen atoms in total. The standard InChI is InChI=1S/C17H17Cl2NO2/c1-10-4-5-11(2)17(12(10)3)22-9-16(21)20-13-6-7-14(18)15(19)8-13/h4-8H,9H2,1-3H3,(H,20,21). The van der Waals surface area contributed by atoms with Crippen molar-refractivity contribution in [2.24, 2.45) is 0 Å². The summed E-state index contributed by atoms with van der Waals surface area (Å²) in [6.07, 6.45) is 0. The van der Waals surface area contributed by atoms with Crippen LogP contribution in [-0.2, 0) is 4.79 Å². The van der Waals surface area contributed by atoms with Crippen molar-refractivity contribution < 1.29 is 9.53 Å². The van der Waals surface area contributed by atoms with Gasteiger partial charge in [-0.1, -0.05) is 35.3 Å². The molecule has 0 aliphatic heterocycles. The highest BCUT2D eigenvalue weighted by Gasteiger charge is 2.10. The van der Waals surface area contributed by atoms with Crippen molar-refractivity contribution in [1.29, 1.82) is 0 Å². The van der Waals surface area contributed by atoms with Crippen LogP contribution in [0.2, 0.25) is 10.0 Å². The normalized spacial score (nSPS) is 10.4. The molecule has 1 amide bonds. The fourth-order valence-electron chi connectivity index (χ4n) is 2.06. The van der Waals surface area contributed by atoms with Crippen molar-refractivity contribution in [2.45, 2.75) is 20.8 Å². The highest BCUT2D eigenvalue weighted by Crippen LogP contribution is 2.26. The number of ether oxygens (including phenoxy) is 1. The lowest BCUT2D eigenvalue weighted by atomic mass is 10.1. The number of rotatable bonds is 4. The Morgan fingerprint density at radius 1 is 1.05 bits per heavy atom. The molecule has 0 saturated heterocycles. The van der Waals surface area contributed by atoms with Gasteiger partial charge in [0.05, 0.1) is 10.0 Å². The summed E-state index contributed by atoms with van der Waals surface area (Å²) in [6, 6.07) is 8.94. The van der Waals surface area contributed by atoms with E-state index in [9.17, 15) is 4.79 Å². The molecule has 0 heterocycles. The molecule has 0 aliphatic rings. The van der Waals surface area contributed by atoms with Gasteiger partial charge in [-0.15, -0.1) is 0 Å². The lowest BCUT2D eigenvalue weighted by molar-refractivity contribution is -0.118. The maximum atomic E-state index is 12.0. The third-order valence-electron chi connectivity index (χ3n) is 3.42. The van der Waals surface area contributed by atoms with Crippen LogP contribution in [0.5, 0.6) is 5.75 Å². The molecule has 0 aliphatic carbocycles. The first kappa shape index (κ1) is 16.7. The summed E-state index contributed by atoms with van der Waals surface area (Å²) in [6.45, 7) is 5.88. The van der Waals surface area contributed by atoms with Gasteiger partial charge in [-0.25, -0.2) is 0 Å². The third-order valence-corrected chi connectivity index (χ3v) is 4.16. The Kier molecular flexibility index (Phi) is 5.33. The predicted octanol–water partition coefficient (Wildman–Crippen LogP) is 4.94. The average molecular weight is 338 g/mol. The number of anilines is 1. The molecule has 116 valence electrons. The van der Waals surface area contributed by atoms with Crippen LogP contribution in [0, 0.1) is 20.8 Å². The Balaban J connectivity index is 2.01. The quantitative estimate of drug-likeness (QED) is 0.858. The molecule has 0 aromatic heterocycles. The molecule has 0 atom stereocenters. The first-order valence-corrected chi connectivity index (χ1v) is 7.58. The second-order valence-corrected chi connectivity index (χ2v) is 5.93. The van der Waals surface area contributed by atoms with Crippen molar-refractivity contribution >= 4 is 34.8 Å². The van der Waals surface area contributed by atoms with Crippen molar-refractivity contribution in [3.05, 3.63) is 57.1 Å². The minimum absolute atomic E-state index is 0.0641. The van der Waals surface area contributed by atoms with Gasteiger partial charge in [0.2, 0.25) is 0 Å². The highest BCUT2D eigenvalue weighted by molar-refractivity contribution is 6.42. The van der Waals surface area contributed by atoms with Crippen LogP contribution in [0.4, 0.5) is 5.69 Å². The van der Waals surface area contributed by atoms with E-state index in [0.717, 1.165) is 22.4 Å². The van der Waals surface area contributed by atoms with Crippen LogP contribution in [0.25, 0.3) is 0 Å². The number of benzene rings is 2. The molecule has 0 unspecified atom stereocenters. The van der Waals surface area contributed by atoms with Gasteiger partial charge >= 0.3 is 0 Å². The summed E-state index contributed by atoms with van der Waals surface area (Å²) < 4.78 is 5.67. The maximum Gasteiger partial charge on any atom is 0.262 e. The molecular weight excluding hydrogens is 321 g/mol. The smallest absolute Gasteiger partial charge is 0.262 e. The van der Waals surface area contributed by atoms with Crippen LogP contribution >= 0.6 is 23.2 Å². The first-order valence-electron chi connectivity index (χ1n) is 6.83. The number of nitrogens with one attached hydrogen (secondary N) is 1. The number of amides is 1. The second kappa shape index (κ2) is 7.03. The molecule has 0 bridgehead atoms. The van der Waals surface area contributed by atoms with Gasteiger partial charge in [0.15, 0.2) is 6.61 Å². The first-order chi connectivity index (χ1) is 10.4. The summed E-state index contributed by atoms with van der Waals surface area (Å²) in [7, 11) is 0. The zero-order valence-corrected chi connectivity index (χ0v) is 14.2.